The van der Waals surface area contributed by atoms with Crippen LogP contribution in [-0.4, -0.2) is 59.3 Å². The summed E-state index contributed by atoms with van der Waals surface area (Å²) in [4.78, 5) is 24.4. The maximum Gasteiger partial charge on any atom is 0.239 e. The Hall–Kier alpha value is -1.87. The molecular weight excluding hydrogens is 330 g/mol. The van der Waals surface area contributed by atoms with Crippen molar-refractivity contribution in [2.75, 3.05) is 31.3 Å². The number of amides is 2. The predicted molar refractivity (Wildman–Crippen MR) is 79.9 cm³/mol. The van der Waals surface area contributed by atoms with Crippen LogP contribution in [0, 0.1) is 11.6 Å². The third-order valence-electron chi connectivity index (χ3n) is 3.03. The van der Waals surface area contributed by atoms with Crippen LogP contribution in [0.3, 0.4) is 0 Å². The number of nitrogens with zero attached hydrogens (tertiary/aromatic N) is 1. The zero-order valence-electron chi connectivity index (χ0n) is 12.1. The number of aliphatic hydroxyl groups is 1. The first-order valence-corrected chi connectivity index (χ1v) is 7.99. The van der Waals surface area contributed by atoms with Crippen molar-refractivity contribution in [3.63, 3.8) is 0 Å². The van der Waals surface area contributed by atoms with Crippen molar-refractivity contribution >= 4 is 23.6 Å². The lowest BCUT2D eigenvalue weighted by Gasteiger charge is -2.16. The zero-order chi connectivity index (χ0) is 16.8. The van der Waals surface area contributed by atoms with Gasteiger partial charge in [0, 0.05) is 12.6 Å². The lowest BCUT2D eigenvalue weighted by Crippen LogP contribution is -2.42. The van der Waals surface area contributed by atoms with Crippen molar-refractivity contribution in [2.24, 2.45) is 0 Å². The van der Waals surface area contributed by atoms with Crippen molar-refractivity contribution in [3.05, 3.63) is 29.8 Å². The molecule has 0 saturated carbocycles. The summed E-state index contributed by atoms with van der Waals surface area (Å²) in [6.07, 6.45) is -1.02. The molecule has 1 saturated heterocycles. The summed E-state index contributed by atoms with van der Waals surface area (Å²) in [6.45, 7) is -0.315. The van der Waals surface area contributed by atoms with E-state index in [0.717, 1.165) is 12.1 Å². The second-order valence-corrected chi connectivity index (χ2v) is 5.87. The number of nitrogens with one attached hydrogen (secondary N) is 1. The second-order valence-electron chi connectivity index (χ2n) is 4.91. The monoisotopic (exact) mass is 346 g/mol. The summed E-state index contributed by atoms with van der Waals surface area (Å²) in [6, 6.07) is 3.03. The van der Waals surface area contributed by atoms with Crippen molar-refractivity contribution in [2.45, 2.75) is 6.10 Å². The summed E-state index contributed by atoms with van der Waals surface area (Å²) >= 11 is 1.43. The number of carbonyl (C=O) groups is 2. The minimum Gasteiger partial charge on any atom is -0.491 e. The number of ether oxygens (including phenoxy) is 1. The topological polar surface area (TPSA) is 78.9 Å². The van der Waals surface area contributed by atoms with Crippen LogP contribution in [0.25, 0.3) is 0 Å². The second kappa shape index (κ2) is 8.11. The van der Waals surface area contributed by atoms with Gasteiger partial charge in [-0.05, 0) is 12.1 Å². The average molecular weight is 346 g/mol. The fourth-order valence-electron chi connectivity index (χ4n) is 1.82. The fraction of sp³-hybridized carbons (Fsp3) is 0.429. The van der Waals surface area contributed by atoms with Crippen LogP contribution in [0.4, 0.5) is 8.78 Å². The van der Waals surface area contributed by atoms with Gasteiger partial charge in [-0.3, -0.25) is 9.59 Å². The van der Waals surface area contributed by atoms with E-state index in [4.69, 9.17) is 4.74 Å². The van der Waals surface area contributed by atoms with Crippen molar-refractivity contribution in [1.29, 1.82) is 0 Å². The summed E-state index contributed by atoms with van der Waals surface area (Å²) in [7, 11) is 0. The minimum atomic E-state index is -1.04. The van der Waals surface area contributed by atoms with Crippen LogP contribution >= 0.6 is 11.8 Å². The summed E-state index contributed by atoms with van der Waals surface area (Å²) in [5, 5.41) is 12.2. The highest BCUT2D eigenvalue weighted by molar-refractivity contribution is 8.00. The number of thioether (sulfide) groups is 1. The lowest BCUT2D eigenvalue weighted by molar-refractivity contribution is -0.132. The first-order chi connectivity index (χ1) is 11.0. The Bertz CT molecular complexity index is 588. The highest BCUT2D eigenvalue weighted by atomic mass is 32.2. The summed E-state index contributed by atoms with van der Waals surface area (Å²) in [5.74, 6) is -1.57. The summed E-state index contributed by atoms with van der Waals surface area (Å²) < 4.78 is 30.8. The highest BCUT2D eigenvalue weighted by Gasteiger charge is 2.23. The molecule has 2 N–H and O–H groups in total. The van der Waals surface area contributed by atoms with E-state index in [9.17, 15) is 23.5 Å². The first kappa shape index (κ1) is 17.5. The quantitative estimate of drug-likeness (QED) is 0.745. The van der Waals surface area contributed by atoms with Crippen molar-refractivity contribution in [1.82, 2.24) is 10.2 Å². The van der Waals surface area contributed by atoms with Crippen molar-refractivity contribution < 1.29 is 28.2 Å². The van der Waals surface area contributed by atoms with Gasteiger partial charge in [-0.1, -0.05) is 0 Å². The van der Waals surface area contributed by atoms with Gasteiger partial charge >= 0.3 is 0 Å². The van der Waals surface area contributed by atoms with Crippen molar-refractivity contribution in [3.8, 4) is 5.75 Å². The van der Waals surface area contributed by atoms with Gasteiger partial charge in [0.15, 0.2) is 11.6 Å². The van der Waals surface area contributed by atoms with Gasteiger partial charge in [0.1, 0.15) is 25.0 Å². The van der Waals surface area contributed by atoms with E-state index in [0.29, 0.717) is 11.6 Å². The first-order valence-electron chi connectivity index (χ1n) is 6.84. The zero-order valence-corrected chi connectivity index (χ0v) is 12.9. The molecule has 2 rings (SSSR count). The van der Waals surface area contributed by atoms with Gasteiger partial charge in [-0.2, -0.15) is 0 Å². The SMILES string of the molecule is O=C(CN1CSCC1=O)NCC(O)COc1ccc(F)c(F)c1. The van der Waals surface area contributed by atoms with E-state index in [1.807, 2.05) is 0 Å². The van der Waals surface area contributed by atoms with E-state index in [1.54, 1.807) is 0 Å². The van der Waals surface area contributed by atoms with Crippen LogP contribution in [0.1, 0.15) is 0 Å². The molecule has 1 aromatic rings. The molecule has 9 heteroatoms. The Balaban J connectivity index is 1.68. The smallest absolute Gasteiger partial charge is 0.239 e. The molecule has 0 aliphatic carbocycles. The third-order valence-corrected chi connectivity index (χ3v) is 3.97. The Labute approximate surface area is 135 Å². The van der Waals surface area contributed by atoms with Gasteiger partial charge in [0.25, 0.3) is 0 Å². The highest BCUT2D eigenvalue weighted by Crippen LogP contribution is 2.15. The molecule has 6 nitrogen and oxygen atoms in total. The Morgan fingerprint density at radius 1 is 1.43 bits per heavy atom. The van der Waals surface area contributed by atoms with Crippen LogP contribution in [0.2, 0.25) is 0 Å². The van der Waals surface area contributed by atoms with Gasteiger partial charge in [-0.25, -0.2) is 8.78 Å². The number of aliphatic hydroxyl groups excluding tert-OH is 1. The minimum absolute atomic E-state index is 0.0530. The van der Waals surface area contributed by atoms with Gasteiger partial charge in [-0.15, -0.1) is 11.8 Å². The molecule has 1 aliphatic rings. The number of hydrogen-bond donors (Lipinski definition) is 2. The van der Waals surface area contributed by atoms with Crippen LogP contribution in [0.5, 0.6) is 5.75 Å². The molecule has 1 aliphatic heterocycles. The molecule has 0 spiro atoms. The van der Waals surface area contributed by atoms with E-state index in [-0.39, 0.29) is 37.3 Å². The molecule has 23 heavy (non-hydrogen) atoms. The van der Waals surface area contributed by atoms with E-state index >= 15 is 0 Å². The van der Waals surface area contributed by atoms with Crippen LogP contribution < -0.4 is 10.1 Å². The molecule has 0 aromatic heterocycles. The van der Waals surface area contributed by atoms with Crippen LogP contribution in [0.15, 0.2) is 18.2 Å². The molecule has 1 heterocycles. The number of carbonyl (C=O) groups excluding carboxylic acids is 2. The molecular formula is C14H16F2N2O4S. The Morgan fingerprint density at radius 2 is 2.22 bits per heavy atom. The summed E-state index contributed by atoms with van der Waals surface area (Å²) in [5.41, 5.74) is 0. The maximum atomic E-state index is 13.0. The molecule has 0 radical (unpaired) electrons. The molecule has 0 bridgehead atoms. The van der Waals surface area contributed by atoms with E-state index < -0.39 is 17.7 Å². The van der Waals surface area contributed by atoms with E-state index in [2.05, 4.69) is 5.32 Å². The maximum absolute atomic E-state index is 13.0. The molecule has 1 aromatic carbocycles. The number of hydrogen-bond acceptors (Lipinski definition) is 5. The standard InChI is InChI=1S/C14H16F2N2O4S/c15-11-2-1-10(3-12(11)16)22-6-9(19)4-17-13(20)5-18-8-23-7-14(18)21/h1-3,9,19H,4-8H2,(H,17,20). The normalized spacial score (nSPS) is 15.6. The molecule has 1 fully saturated rings. The number of benzene rings is 1. The molecule has 126 valence electrons. The molecule has 2 amide bonds. The number of halogens is 2. The Kier molecular flexibility index (Phi) is 6.17. The molecule has 1 unspecified atom stereocenters. The van der Waals surface area contributed by atoms with Gasteiger partial charge in [0.05, 0.1) is 11.6 Å². The average Bonchev–Trinajstić information content (AvgIpc) is 2.91. The van der Waals surface area contributed by atoms with Gasteiger partial charge in [0.2, 0.25) is 11.8 Å². The largest absolute Gasteiger partial charge is 0.491 e. The van der Waals surface area contributed by atoms with Crippen LogP contribution in [-0.2, 0) is 9.59 Å². The van der Waals surface area contributed by atoms with Gasteiger partial charge < -0.3 is 20.1 Å². The third kappa shape index (κ3) is 5.36. The van der Waals surface area contributed by atoms with E-state index in [1.165, 1.54) is 22.7 Å². The predicted octanol–water partition coefficient (Wildman–Crippen LogP) is 0.354. The number of rotatable bonds is 7. The molecule has 1 atom stereocenters. The fourth-order valence-corrected chi connectivity index (χ4v) is 2.72. The Morgan fingerprint density at radius 3 is 2.87 bits per heavy atom. The lowest BCUT2D eigenvalue weighted by atomic mass is 10.3.